The Labute approximate surface area is 114 Å². The van der Waals surface area contributed by atoms with E-state index in [1.807, 2.05) is 12.1 Å². The Morgan fingerprint density at radius 2 is 2.42 bits per heavy atom. The predicted octanol–water partition coefficient (Wildman–Crippen LogP) is 1.10. The average molecular weight is 262 g/mol. The zero-order valence-corrected chi connectivity index (χ0v) is 11.2. The number of nitrogens with one attached hydrogen (secondary N) is 1. The molecule has 0 bridgehead atoms. The fourth-order valence-electron chi connectivity index (χ4n) is 2.78. The van der Waals surface area contributed by atoms with Gasteiger partial charge >= 0.3 is 0 Å². The van der Waals surface area contributed by atoms with Crippen molar-refractivity contribution in [3.63, 3.8) is 0 Å². The molecule has 1 aromatic rings. The summed E-state index contributed by atoms with van der Waals surface area (Å²) in [4.78, 5) is 6.61. The lowest BCUT2D eigenvalue weighted by Crippen LogP contribution is -2.30. The first kappa shape index (κ1) is 14.0. The molecule has 1 saturated heterocycles. The second-order valence-corrected chi connectivity index (χ2v) is 5.06. The molecule has 19 heavy (non-hydrogen) atoms. The third-order valence-corrected chi connectivity index (χ3v) is 3.71. The van der Waals surface area contributed by atoms with Gasteiger partial charge in [-0.1, -0.05) is 6.07 Å². The van der Waals surface area contributed by atoms with Crippen molar-refractivity contribution >= 4 is 5.84 Å². The zero-order chi connectivity index (χ0) is 13.7. The molecule has 2 heterocycles. The van der Waals surface area contributed by atoms with Crippen LogP contribution in [0.3, 0.4) is 0 Å². The van der Waals surface area contributed by atoms with E-state index < -0.39 is 0 Å². The van der Waals surface area contributed by atoms with E-state index in [0.717, 1.165) is 31.5 Å². The average Bonchev–Trinajstić information content (AvgIpc) is 2.84. The molecule has 1 aromatic heterocycles. The van der Waals surface area contributed by atoms with Crippen LogP contribution in [-0.4, -0.2) is 40.0 Å². The van der Waals surface area contributed by atoms with Crippen LogP contribution in [0.1, 0.15) is 36.9 Å². The molecule has 2 rings (SSSR count). The van der Waals surface area contributed by atoms with E-state index >= 15 is 0 Å². The molecule has 1 aliphatic rings. The highest BCUT2D eigenvalue weighted by molar-refractivity contribution is 5.94. The van der Waals surface area contributed by atoms with Crippen molar-refractivity contribution in [2.24, 2.45) is 5.73 Å². The van der Waals surface area contributed by atoms with Gasteiger partial charge in [0.15, 0.2) is 0 Å². The normalized spacial score (nSPS) is 19.7. The first-order chi connectivity index (χ1) is 9.22. The highest BCUT2D eigenvalue weighted by atomic mass is 16.2. The summed E-state index contributed by atoms with van der Waals surface area (Å²) >= 11 is 0. The van der Waals surface area contributed by atoms with Crippen molar-refractivity contribution in [1.29, 1.82) is 5.41 Å². The van der Waals surface area contributed by atoms with E-state index in [2.05, 4.69) is 9.88 Å². The summed E-state index contributed by atoms with van der Waals surface area (Å²) in [6, 6.07) is 4.42. The van der Waals surface area contributed by atoms with Crippen LogP contribution in [0.4, 0.5) is 0 Å². The summed E-state index contributed by atoms with van der Waals surface area (Å²) in [6.07, 6.45) is 5.95. The van der Waals surface area contributed by atoms with Crippen molar-refractivity contribution < 1.29 is 5.11 Å². The van der Waals surface area contributed by atoms with Gasteiger partial charge in [-0.2, -0.15) is 0 Å². The molecule has 0 aromatic carbocycles. The standard InChI is InChI=1S/C14H22N4O/c15-14(16)13-11(4-1-7-17-13)10-18-8-2-5-12(18)6-3-9-19/h1,4,7,12,19H,2-3,5-6,8-10H2,(H3,15,16). The Kier molecular flexibility index (Phi) is 4.87. The van der Waals surface area contributed by atoms with Crippen LogP contribution in [0.25, 0.3) is 0 Å². The van der Waals surface area contributed by atoms with Gasteiger partial charge in [0.05, 0.1) is 0 Å². The molecule has 1 fully saturated rings. The third kappa shape index (κ3) is 3.52. The van der Waals surface area contributed by atoms with E-state index in [0.29, 0.717) is 11.7 Å². The quantitative estimate of drug-likeness (QED) is 0.529. The lowest BCUT2D eigenvalue weighted by atomic mass is 10.1. The van der Waals surface area contributed by atoms with Crippen LogP contribution in [0.5, 0.6) is 0 Å². The number of aromatic nitrogens is 1. The minimum atomic E-state index is 0.0294. The van der Waals surface area contributed by atoms with Gasteiger partial charge in [-0.15, -0.1) is 0 Å². The lowest BCUT2D eigenvalue weighted by Gasteiger charge is -2.25. The Morgan fingerprint density at radius 1 is 1.58 bits per heavy atom. The van der Waals surface area contributed by atoms with Gasteiger partial charge in [0, 0.05) is 25.4 Å². The Balaban J connectivity index is 2.05. The summed E-state index contributed by atoms with van der Waals surface area (Å²) in [7, 11) is 0. The maximum absolute atomic E-state index is 8.95. The van der Waals surface area contributed by atoms with E-state index in [9.17, 15) is 0 Å². The van der Waals surface area contributed by atoms with Gasteiger partial charge < -0.3 is 10.8 Å². The van der Waals surface area contributed by atoms with E-state index in [-0.39, 0.29) is 12.4 Å². The molecule has 0 saturated carbocycles. The number of pyridine rings is 1. The van der Waals surface area contributed by atoms with Gasteiger partial charge in [-0.25, -0.2) is 0 Å². The van der Waals surface area contributed by atoms with E-state index in [1.165, 1.54) is 12.8 Å². The second-order valence-electron chi connectivity index (χ2n) is 5.06. The van der Waals surface area contributed by atoms with Gasteiger partial charge in [0.2, 0.25) is 0 Å². The number of amidine groups is 1. The number of aliphatic hydroxyl groups excluding tert-OH is 1. The molecule has 0 spiro atoms. The predicted molar refractivity (Wildman–Crippen MR) is 75.0 cm³/mol. The number of aliphatic hydroxyl groups is 1. The number of nitrogen functional groups attached to an aromatic ring is 1. The molecule has 104 valence electrons. The second kappa shape index (κ2) is 6.63. The van der Waals surface area contributed by atoms with Gasteiger partial charge in [0.25, 0.3) is 0 Å². The molecule has 4 N–H and O–H groups in total. The number of hydrogen-bond acceptors (Lipinski definition) is 4. The topological polar surface area (TPSA) is 86.2 Å². The van der Waals surface area contributed by atoms with Crippen molar-refractivity contribution in [2.75, 3.05) is 13.2 Å². The smallest absolute Gasteiger partial charge is 0.142 e. The van der Waals surface area contributed by atoms with Crippen molar-refractivity contribution in [1.82, 2.24) is 9.88 Å². The molecule has 0 aliphatic carbocycles. The first-order valence-electron chi connectivity index (χ1n) is 6.85. The molecule has 0 radical (unpaired) electrons. The van der Waals surface area contributed by atoms with Gasteiger partial charge in [0.1, 0.15) is 11.5 Å². The minimum Gasteiger partial charge on any atom is -0.396 e. The number of rotatable bonds is 6. The molecular weight excluding hydrogens is 240 g/mol. The molecule has 0 amide bonds. The molecule has 1 unspecified atom stereocenters. The number of hydrogen-bond donors (Lipinski definition) is 3. The van der Waals surface area contributed by atoms with Crippen LogP contribution in [0, 0.1) is 5.41 Å². The number of likely N-dealkylation sites (tertiary alicyclic amines) is 1. The summed E-state index contributed by atoms with van der Waals surface area (Å²) in [6.45, 7) is 2.12. The van der Waals surface area contributed by atoms with Crippen LogP contribution >= 0.6 is 0 Å². The minimum absolute atomic E-state index is 0.0294. The SMILES string of the molecule is N=C(N)c1ncccc1CN1CCCC1CCCO. The summed E-state index contributed by atoms with van der Waals surface area (Å²) in [5.74, 6) is 0.0294. The highest BCUT2D eigenvalue weighted by Gasteiger charge is 2.24. The zero-order valence-electron chi connectivity index (χ0n) is 11.2. The summed E-state index contributed by atoms with van der Waals surface area (Å²) < 4.78 is 0. The molecule has 1 atom stereocenters. The van der Waals surface area contributed by atoms with Crippen LogP contribution in [-0.2, 0) is 6.54 Å². The van der Waals surface area contributed by atoms with Crippen molar-refractivity contribution in [3.8, 4) is 0 Å². The van der Waals surface area contributed by atoms with Crippen LogP contribution in [0.15, 0.2) is 18.3 Å². The fourth-order valence-corrected chi connectivity index (χ4v) is 2.78. The molecule has 5 nitrogen and oxygen atoms in total. The maximum Gasteiger partial charge on any atom is 0.142 e. The monoisotopic (exact) mass is 262 g/mol. The summed E-state index contributed by atoms with van der Waals surface area (Å²) in [5.41, 5.74) is 7.19. The molecule has 1 aliphatic heterocycles. The van der Waals surface area contributed by atoms with Gasteiger partial charge in [-0.05, 0) is 43.9 Å². The fraction of sp³-hybridized carbons (Fsp3) is 0.571. The van der Waals surface area contributed by atoms with Crippen LogP contribution in [0.2, 0.25) is 0 Å². The Hall–Kier alpha value is -1.46. The lowest BCUT2D eigenvalue weighted by molar-refractivity contribution is 0.210. The molecular formula is C14H22N4O. The number of nitrogens with two attached hydrogens (primary N) is 1. The number of nitrogens with zero attached hydrogens (tertiary/aromatic N) is 2. The molecule has 5 heteroatoms. The van der Waals surface area contributed by atoms with Gasteiger partial charge in [-0.3, -0.25) is 15.3 Å². The highest BCUT2D eigenvalue weighted by Crippen LogP contribution is 2.24. The first-order valence-corrected chi connectivity index (χ1v) is 6.85. The summed E-state index contributed by atoms with van der Waals surface area (Å²) in [5, 5.41) is 16.5. The Morgan fingerprint density at radius 3 is 3.16 bits per heavy atom. The third-order valence-electron chi connectivity index (χ3n) is 3.71. The van der Waals surface area contributed by atoms with Crippen molar-refractivity contribution in [2.45, 2.75) is 38.3 Å². The van der Waals surface area contributed by atoms with Crippen LogP contribution < -0.4 is 5.73 Å². The maximum atomic E-state index is 8.95. The largest absolute Gasteiger partial charge is 0.396 e. The van der Waals surface area contributed by atoms with Crippen molar-refractivity contribution in [3.05, 3.63) is 29.6 Å². The Bertz CT molecular complexity index is 435. The van der Waals surface area contributed by atoms with E-state index in [4.69, 9.17) is 16.2 Å². The van der Waals surface area contributed by atoms with E-state index in [1.54, 1.807) is 6.20 Å².